The van der Waals surface area contributed by atoms with Gasteiger partial charge in [0.25, 0.3) is 10.0 Å². The highest BCUT2D eigenvalue weighted by Gasteiger charge is 2.39. The van der Waals surface area contributed by atoms with Gasteiger partial charge in [0.15, 0.2) is 11.5 Å². The van der Waals surface area contributed by atoms with Crippen molar-refractivity contribution in [3.05, 3.63) is 47.8 Å². The number of sulfonamides is 1. The van der Waals surface area contributed by atoms with Crippen LogP contribution in [0.3, 0.4) is 0 Å². The highest BCUT2D eigenvalue weighted by molar-refractivity contribution is 7.92. The van der Waals surface area contributed by atoms with Crippen LogP contribution in [0.25, 0.3) is 0 Å². The second-order valence-corrected chi connectivity index (χ2v) is 9.93. The fourth-order valence-electron chi connectivity index (χ4n) is 3.47. The molecule has 1 aromatic carbocycles. The SMILES string of the molecule is COc1cc(NS(=O)(=O)c2ccc(NC(=O)C(C)n3nc(C(F)(F)F)cc3C3CC3)cc2)nc(OC)n1. The second-order valence-electron chi connectivity index (χ2n) is 8.25. The van der Waals surface area contributed by atoms with Crippen molar-refractivity contribution in [1.82, 2.24) is 19.7 Å². The summed E-state index contributed by atoms with van der Waals surface area (Å²) in [6.45, 7) is 1.45. The molecule has 0 saturated heterocycles. The molecule has 11 nitrogen and oxygen atoms in total. The van der Waals surface area contributed by atoms with Crippen molar-refractivity contribution < 1.29 is 35.9 Å². The van der Waals surface area contributed by atoms with E-state index in [0.29, 0.717) is 5.69 Å². The zero-order valence-electron chi connectivity index (χ0n) is 19.9. The molecular formula is C22H23F3N6O5S. The number of halogens is 3. The maximum absolute atomic E-state index is 13.2. The molecule has 1 fully saturated rings. The molecule has 3 aromatic rings. The molecule has 2 aromatic heterocycles. The molecule has 37 heavy (non-hydrogen) atoms. The predicted molar refractivity (Wildman–Crippen MR) is 125 cm³/mol. The van der Waals surface area contributed by atoms with Crippen molar-refractivity contribution in [1.29, 1.82) is 0 Å². The molecule has 1 aliphatic carbocycles. The van der Waals surface area contributed by atoms with E-state index < -0.39 is 33.8 Å². The topological polar surface area (TPSA) is 137 Å². The molecule has 1 saturated carbocycles. The van der Waals surface area contributed by atoms with Crippen LogP contribution in [0.4, 0.5) is 24.7 Å². The van der Waals surface area contributed by atoms with Crippen LogP contribution < -0.4 is 19.5 Å². The van der Waals surface area contributed by atoms with E-state index in [9.17, 15) is 26.4 Å². The van der Waals surface area contributed by atoms with E-state index in [-0.39, 0.29) is 34.2 Å². The molecular weight excluding hydrogens is 517 g/mol. The van der Waals surface area contributed by atoms with E-state index in [1.54, 1.807) is 0 Å². The van der Waals surface area contributed by atoms with Gasteiger partial charge in [0.2, 0.25) is 11.8 Å². The zero-order valence-corrected chi connectivity index (χ0v) is 20.7. The van der Waals surface area contributed by atoms with Gasteiger partial charge in [-0.2, -0.15) is 28.2 Å². The van der Waals surface area contributed by atoms with Crippen molar-refractivity contribution in [2.45, 2.75) is 42.8 Å². The first-order valence-electron chi connectivity index (χ1n) is 11.0. The highest BCUT2D eigenvalue weighted by atomic mass is 32.2. The fraction of sp³-hybridized carbons (Fsp3) is 0.364. The minimum absolute atomic E-state index is 0.0642. The van der Waals surface area contributed by atoms with Gasteiger partial charge in [-0.25, -0.2) is 8.42 Å². The van der Waals surface area contributed by atoms with Crippen molar-refractivity contribution in [2.24, 2.45) is 0 Å². The monoisotopic (exact) mass is 540 g/mol. The summed E-state index contributed by atoms with van der Waals surface area (Å²) in [4.78, 5) is 20.5. The van der Waals surface area contributed by atoms with Crippen LogP contribution in [0.1, 0.15) is 43.1 Å². The first-order chi connectivity index (χ1) is 17.4. The number of methoxy groups -OCH3 is 2. The predicted octanol–water partition coefficient (Wildman–Crippen LogP) is 3.59. The van der Waals surface area contributed by atoms with Crippen LogP contribution in [0.2, 0.25) is 0 Å². The van der Waals surface area contributed by atoms with E-state index in [4.69, 9.17) is 9.47 Å². The number of amides is 1. The smallest absolute Gasteiger partial charge is 0.435 e. The molecule has 198 valence electrons. The molecule has 1 amide bonds. The Morgan fingerprint density at radius 1 is 1.11 bits per heavy atom. The first kappa shape index (κ1) is 26.2. The Labute approximate surface area is 210 Å². The molecule has 2 heterocycles. The summed E-state index contributed by atoms with van der Waals surface area (Å²) in [6, 6.07) is 6.34. The number of hydrogen-bond donors (Lipinski definition) is 2. The highest BCUT2D eigenvalue weighted by Crippen LogP contribution is 2.43. The van der Waals surface area contributed by atoms with E-state index in [1.807, 2.05) is 0 Å². The first-order valence-corrected chi connectivity index (χ1v) is 12.5. The maximum Gasteiger partial charge on any atom is 0.435 e. The number of alkyl halides is 3. The van der Waals surface area contributed by atoms with Gasteiger partial charge in [-0.15, -0.1) is 0 Å². The van der Waals surface area contributed by atoms with Crippen molar-refractivity contribution in [2.75, 3.05) is 24.3 Å². The second kappa shape index (κ2) is 9.88. The van der Waals surface area contributed by atoms with E-state index >= 15 is 0 Å². The number of aromatic nitrogens is 4. The molecule has 0 bridgehead atoms. The number of ether oxygens (including phenoxy) is 2. The third-order valence-corrected chi connectivity index (χ3v) is 6.91. The number of carbonyl (C=O) groups excluding carboxylic acids is 1. The summed E-state index contributed by atoms with van der Waals surface area (Å²) in [5.74, 6) is -0.668. The lowest BCUT2D eigenvalue weighted by atomic mass is 10.2. The van der Waals surface area contributed by atoms with Crippen LogP contribution in [0.5, 0.6) is 11.9 Å². The summed E-state index contributed by atoms with van der Waals surface area (Å²) < 4.78 is 78.4. The van der Waals surface area contributed by atoms with Crippen molar-refractivity contribution in [3.8, 4) is 11.9 Å². The van der Waals surface area contributed by atoms with Gasteiger partial charge < -0.3 is 14.8 Å². The van der Waals surface area contributed by atoms with Gasteiger partial charge >= 0.3 is 12.2 Å². The van der Waals surface area contributed by atoms with Gasteiger partial charge in [0.1, 0.15) is 6.04 Å². The van der Waals surface area contributed by atoms with Crippen LogP contribution in [0, 0.1) is 0 Å². The summed E-state index contributed by atoms with van der Waals surface area (Å²) in [5, 5.41) is 6.21. The fourth-order valence-corrected chi connectivity index (χ4v) is 4.46. The zero-order chi connectivity index (χ0) is 27.0. The summed E-state index contributed by atoms with van der Waals surface area (Å²) >= 11 is 0. The lowest BCUT2D eigenvalue weighted by Gasteiger charge is -2.16. The molecule has 1 unspecified atom stereocenters. The maximum atomic E-state index is 13.2. The molecule has 1 aliphatic rings. The van der Waals surface area contributed by atoms with Gasteiger partial charge in [0, 0.05) is 23.4 Å². The summed E-state index contributed by atoms with van der Waals surface area (Å²) in [6.07, 6.45) is -3.16. The summed E-state index contributed by atoms with van der Waals surface area (Å²) in [5.41, 5.74) is -0.437. The number of hydrogen-bond acceptors (Lipinski definition) is 8. The third kappa shape index (κ3) is 5.93. The van der Waals surface area contributed by atoms with Crippen LogP contribution in [-0.4, -0.2) is 48.3 Å². The Morgan fingerprint density at radius 3 is 2.35 bits per heavy atom. The number of benzene rings is 1. The molecule has 2 N–H and O–H groups in total. The Kier molecular flexibility index (Phi) is 6.99. The van der Waals surface area contributed by atoms with E-state index in [0.717, 1.165) is 23.6 Å². The molecule has 15 heteroatoms. The number of nitrogens with one attached hydrogen (secondary N) is 2. The van der Waals surface area contributed by atoms with Gasteiger partial charge in [0.05, 0.1) is 19.1 Å². The quantitative estimate of drug-likeness (QED) is 0.420. The van der Waals surface area contributed by atoms with Crippen molar-refractivity contribution >= 4 is 27.4 Å². The molecule has 4 rings (SSSR count). The number of rotatable bonds is 9. The Balaban J connectivity index is 1.48. The molecule has 0 aliphatic heterocycles. The van der Waals surface area contributed by atoms with Crippen LogP contribution >= 0.6 is 0 Å². The lowest BCUT2D eigenvalue weighted by Crippen LogP contribution is -2.26. The minimum Gasteiger partial charge on any atom is -0.481 e. The minimum atomic E-state index is -4.62. The van der Waals surface area contributed by atoms with Gasteiger partial charge in [-0.3, -0.25) is 14.2 Å². The third-order valence-electron chi connectivity index (χ3n) is 5.54. The number of carbonyl (C=O) groups is 1. The number of nitrogens with zero attached hydrogens (tertiary/aromatic N) is 4. The van der Waals surface area contributed by atoms with Crippen LogP contribution in [0.15, 0.2) is 41.3 Å². The summed E-state index contributed by atoms with van der Waals surface area (Å²) in [7, 11) is -1.41. The van der Waals surface area contributed by atoms with E-state index in [2.05, 4.69) is 25.1 Å². The van der Waals surface area contributed by atoms with E-state index in [1.165, 1.54) is 51.5 Å². The van der Waals surface area contributed by atoms with Crippen LogP contribution in [-0.2, 0) is 21.0 Å². The lowest BCUT2D eigenvalue weighted by molar-refractivity contribution is -0.141. The Hall–Kier alpha value is -3.88. The van der Waals surface area contributed by atoms with Gasteiger partial charge in [-0.05, 0) is 50.1 Å². The van der Waals surface area contributed by atoms with Crippen molar-refractivity contribution in [3.63, 3.8) is 0 Å². The molecule has 0 spiro atoms. The largest absolute Gasteiger partial charge is 0.481 e. The molecule has 0 radical (unpaired) electrons. The normalized spacial score (nSPS) is 14.6. The average Bonchev–Trinajstić information content (AvgIpc) is 3.59. The average molecular weight is 541 g/mol. The number of anilines is 2. The standard InChI is InChI=1S/C22H23F3N6O5S/c1-12(31-16(13-4-5-13)10-17(29-31)22(23,24)25)20(32)26-14-6-8-15(9-7-14)37(33,34)30-18-11-19(35-2)28-21(27-18)36-3/h6-13H,4-5H2,1-3H3,(H,26,32)(H,27,28,30). The Morgan fingerprint density at radius 2 is 1.78 bits per heavy atom. The molecule has 1 atom stereocenters. The van der Waals surface area contributed by atoms with Gasteiger partial charge in [-0.1, -0.05) is 0 Å². The Bertz CT molecular complexity index is 1380.